The first kappa shape index (κ1) is 12.2. The highest BCUT2D eigenvalue weighted by molar-refractivity contribution is 5.91. The predicted octanol–water partition coefficient (Wildman–Crippen LogP) is -1.41. The fraction of sp³-hybridized carbons (Fsp3) is 0.444. The summed E-state index contributed by atoms with van der Waals surface area (Å²) in [5, 5.41) is 13.8. The van der Waals surface area contributed by atoms with Crippen LogP contribution in [-0.2, 0) is 13.0 Å². The molecule has 1 amide bonds. The molecule has 0 saturated carbocycles. The van der Waals surface area contributed by atoms with Gasteiger partial charge in [0.2, 0.25) is 6.39 Å². The minimum absolute atomic E-state index is 0.261. The van der Waals surface area contributed by atoms with Gasteiger partial charge in [-0.2, -0.15) is 4.98 Å². The number of aromatic nitrogens is 5. The van der Waals surface area contributed by atoms with E-state index < -0.39 is 0 Å². The summed E-state index contributed by atoms with van der Waals surface area (Å²) in [6.07, 6.45) is 3.30. The van der Waals surface area contributed by atoms with Gasteiger partial charge < -0.3 is 15.6 Å². The summed E-state index contributed by atoms with van der Waals surface area (Å²) in [7, 11) is 0. The Morgan fingerprint density at radius 2 is 2.44 bits per heavy atom. The van der Waals surface area contributed by atoms with Gasteiger partial charge in [0, 0.05) is 19.5 Å². The molecule has 2 rings (SSSR count). The molecule has 2 heterocycles. The van der Waals surface area contributed by atoms with Crippen LogP contribution in [-0.4, -0.2) is 44.1 Å². The van der Waals surface area contributed by atoms with E-state index in [0.29, 0.717) is 31.9 Å². The monoisotopic (exact) mass is 251 g/mol. The number of nitrogens with two attached hydrogens (primary N) is 1. The van der Waals surface area contributed by atoms with Crippen LogP contribution in [0.5, 0.6) is 0 Å². The molecule has 0 fully saturated rings. The van der Waals surface area contributed by atoms with Crippen molar-refractivity contribution in [1.82, 2.24) is 30.5 Å². The Kier molecular flexibility index (Phi) is 3.97. The predicted molar refractivity (Wildman–Crippen MR) is 59.4 cm³/mol. The number of rotatable bonds is 6. The van der Waals surface area contributed by atoms with Gasteiger partial charge in [0.05, 0.1) is 12.7 Å². The molecule has 2 aromatic rings. The molecule has 2 aromatic heterocycles. The highest BCUT2D eigenvalue weighted by atomic mass is 16.5. The Labute approximate surface area is 102 Å². The van der Waals surface area contributed by atoms with E-state index in [-0.39, 0.29) is 11.6 Å². The van der Waals surface area contributed by atoms with E-state index in [1.807, 2.05) is 0 Å². The maximum Gasteiger partial charge on any atom is 0.273 e. The van der Waals surface area contributed by atoms with E-state index in [2.05, 4.69) is 30.3 Å². The van der Waals surface area contributed by atoms with E-state index >= 15 is 0 Å². The summed E-state index contributed by atoms with van der Waals surface area (Å²) in [5.41, 5.74) is 5.63. The second kappa shape index (κ2) is 5.87. The molecule has 0 aliphatic carbocycles. The third-order valence-corrected chi connectivity index (χ3v) is 2.17. The van der Waals surface area contributed by atoms with Gasteiger partial charge in [0.1, 0.15) is 0 Å². The molecule has 0 aliphatic rings. The lowest BCUT2D eigenvalue weighted by molar-refractivity contribution is 0.0949. The Hall–Kier alpha value is -2.29. The van der Waals surface area contributed by atoms with E-state index in [4.69, 9.17) is 5.73 Å². The van der Waals surface area contributed by atoms with Gasteiger partial charge in [0.15, 0.2) is 11.5 Å². The number of nitrogens with one attached hydrogen (secondary N) is 1. The number of amides is 1. The average Bonchev–Trinajstić information content (AvgIpc) is 3.00. The van der Waals surface area contributed by atoms with Gasteiger partial charge >= 0.3 is 0 Å². The molecule has 18 heavy (non-hydrogen) atoms. The molecule has 0 spiro atoms. The van der Waals surface area contributed by atoms with Gasteiger partial charge in [-0.05, 0) is 0 Å². The molecule has 0 aromatic carbocycles. The Morgan fingerprint density at radius 1 is 1.56 bits per heavy atom. The zero-order valence-electron chi connectivity index (χ0n) is 9.61. The topological polar surface area (TPSA) is 125 Å². The van der Waals surface area contributed by atoms with Crippen molar-refractivity contribution in [3.63, 3.8) is 0 Å². The molecule has 0 bridgehead atoms. The lowest BCUT2D eigenvalue weighted by Gasteiger charge is -1.99. The third kappa shape index (κ3) is 3.10. The first-order valence-corrected chi connectivity index (χ1v) is 5.43. The van der Waals surface area contributed by atoms with Crippen molar-refractivity contribution in [3.8, 4) is 0 Å². The summed E-state index contributed by atoms with van der Waals surface area (Å²) in [6, 6.07) is 0. The summed E-state index contributed by atoms with van der Waals surface area (Å²) in [5.74, 6) is 0.254. The number of nitrogens with zero attached hydrogens (tertiary/aromatic N) is 5. The molecule has 0 radical (unpaired) electrons. The number of carbonyl (C=O) groups is 1. The van der Waals surface area contributed by atoms with Crippen LogP contribution in [0.25, 0.3) is 0 Å². The van der Waals surface area contributed by atoms with E-state index in [1.165, 1.54) is 11.1 Å². The summed E-state index contributed by atoms with van der Waals surface area (Å²) >= 11 is 0. The second-order valence-electron chi connectivity index (χ2n) is 3.51. The van der Waals surface area contributed by atoms with Crippen LogP contribution in [0.1, 0.15) is 16.3 Å². The van der Waals surface area contributed by atoms with Gasteiger partial charge in [-0.1, -0.05) is 10.4 Å². The molecular formula is C9H13N7O2. The summed E-state index contributed by atoms with van der Waals surface area (Å²) < 4.78 is 6.10. The van der Waals surface area contributed by atoms with Gasteiger partial charge in [-0.3, -0.25) is 9.48 Å². The lowest BCUT2D eigenvalue weighted by Crippen LogP contribution is -2.26. The number of hydrogen-bond acceptors (Lipinski definition) is 7. The molecule has 9 heteroatoms. The van der Waals surface area contributed by atoms with Crippen molar-refractivity contribution in [1.29, 1.82) is 0 Å². The zero-order chi connectivity index (χ0) is 12.8. The molecular weight excluding hydrogens is 238 g/mol. The highest BCUT2D eigenvalue weighted by Gasteiger charge is 2.10. The van der Waals surface area contributed by atoms with Crippen LogP contribution < -0.4 is 11.1 Å². The standard InChI is InChI=1S/C9H13N7O2/c10-2-4-16-5-7(13-15-16)9(17)11-3-1-8-12-6-18-14-8/h5-6H,1-4,10H2,(H,11,17). The van der Waals surface area contributed by atoms with Gasteiger partial charge in [-0.15, -0.1) is 5.10 Å². The smallest absolute Gasteiger partial charge is 0.273 e. The minimum atomic E-state index is -0.290. The van der Waals surface area contributed by atoms with Gasteiger partial charge in [-0.25, -0.2) is 0 Å². The molecule has 9 nitrogen and oxygen atoms in total. The minimum Gasteiger partial charge on any atom is -0.350 e. The molecule has 0 aliphatic heterocycles. The van der Waals surface area contributed by atoms with Crippen LogP contribution in [0.4, 0.5) is 0 Å². The van der Waals surface area contributed by atoms with Crippen molar-refractivity contribution >= 4 is 5.91 Å². The first-order valence-electron chi connectivity index (χ1n) is 5.43. The average molecular weight is 251 g/mol. The van der Waals surface area contributed by atoms with Crippen molar-refractivity contribution in [2.45, 2.75) is 13.0 Å². The molecule has 3 N–H and O–H groups in total. The summed E-state index contributed by atoms with van der Waals surface area (Å²) in [6.45, 7) is 1.38. The Bertz CT molecular complexity index is 493. The van der Waals surface area contributed by atoms with Crippen LogP contribution in [0, 0.1) is 0 Å². The van der Waals surface area contributed by atoms with Crippen molar-refractivity contribution in [2.24, 2.45) is 5.73 Å². The quantitative estimate of drug-likeness (QED) is 0.646. The third-order valence-electron chi connectivity index (χ3n) is 2.17. The normalized spacial score (nSPS) is 10.5. The van der Waals surface area contributed by atoms with Crippen LogP contribution >= 0.6 is 0 Å². The molecule has 0 unspecified atom stereocenters. The van der Waals surface area contributed by atoms with Crippen LogP contribution in [0.15, 0.2) is 17.1 Å². The molecule has 0 atom stereocenters. The Balaban J connectivity index is 1.80. The Morgan fingerprint density at radius 3 is 3.17 bits per heavy atom. The van der Waals surface area contributed by atoms with Crippen LogP contribution in [0.3, 0.4) is 0 Å². The number of carbonyl (C=O) groups excluding carboxylic acids is 1. The van der Waals surface area contributed by atoms with E-state index in [9.17, 15) is 4.79 Å². The van der Waals surface area contributed by atoms with Crippen LogP contribution in [0.2, 0.25) is 0 Å². The first-order chi connectivity index (χ1) is 8.79. The fourth-order valence-electron chi connectivity index (χ4n) is 1.32. The van der Waals surface area contributed by atoms with Crippen molar-refractivity contribution in [2.75, 3.05) is 13.1 Å². The largest absolute Gasteiger partial charge is 0.350 e. The highest BCUT2D eigenvalue weighted by Crippen LogP contribution is 1.93. The number of hydrogen-bond donors (Lipinski definition) is 2. The molecule has 96 valence electrons. The molecule has 0 saturated heterocycles. The van der Waals surface area contributed by atoms with E-state index in [0.717, 1.165) is 0 Å². The lowest BCUT2D eigenvalue weighted by atomic mass is 10.4. The zero-order valence-corrected chi connectivity index (χ0v) is 9.61. The van der Waals surface area contributed by atoms with Crippen molar-refractivity contribution in [3.05, 3.63) is 24.1 Å². The second-order valence-corrected chi connectivity index (χ2v) is 3.51. The summed E-state index contributed by atoms with van der Waals surface area (Å²) in [4.78, 5) is 15.5. The fourth-order valence-corrected chi connectivity index (χ4v) is 1.32. The maximum atomic E-state index is 11.7. The van der Waals surface area contributed by atoms with Crippen molar-refractivity contribution < 1.29 is 9.32 Å². The SMILES string of the molecule is NCCn1cc(C(=O)NCCc2ncon2)nn1. The van der Waals surface area contributed by atoms with Gasteiger partial charge in [0.25, 0.3) is 5.91 Å². The van der Waals surface area contributed by atoms with E-state index in [1.54, 1.807) is 6.20 Å². The maximum absolute atomic E-state index is 11.7.